The van der Waals surface area contributed by atoms with E-state index in [4.69, 9.17) is 18.6 Å². The summed E-state index contributed by atoms with van der Waals surface area (Å²) in [6, 6.07) is 8.54. The zero-order valence-electron chi connectivity index (χ0n) is 13.8. The Morgan fingerprint density at radius 3 is 2.24 bits per heavy atom. The zero-order valence-corrected chi connectivity index (χ0v) is 18.0. The van der Waals surface area contributed by atoms with Gasteiger partial charge in [-0.2, -0.15) is 0 Å². The molecular formula is C16H26Cl2NSiTi. The summed E-state index contributed by atoms with van der Waals surface area (Å²) in [7, 11) is 14.8. The van der Waals surface area contributed by atoms with Gasteiger partial charge < -0.3 is 0 Å². The zero-order chi connectivity index (χ0) is 16.1. The van der Waals surface area contributed by atoms with Gasteiger partial charge in [-0.25, -0.2) is 0 Å². The molecule has 2 rings (SSSR count). The number of hydrogen-bond donors (Lipinski definition) is 1. The van der Waals surface area contributed by atoms with Crippen molar-refractivity contribution in [3.05, 3.63) is 41.0 Å². The molecule has 117 valence electrons. The average molecular weight is 379 g/mol. The number of allylic oxidation sites excluding steroid dienone is 1. The molecule has 0 heterocycles. The number of benzene rings is 1. The van der Waals surface area contributed by atoms with Crippen molar-refractivity contribution in [2.24, 2.45) is 0 Å². The number of halogens is 2. The Morgan fingerprint density at radius 1 is 1.14 bits per heavy atom. The van der Waals surface area contributed by atoms with Crippen LogP contribution in [0.4, 0.5) is 0 Å². The fourth-order valence-electron chi connectivity index (χ4n) is 3.45. The summed E-state index contributed by atoms with van der Waals surface area (Å²) in [5, 5.41) is 0. The van der Waals surface area contributed by atoms with E-state index in [0.29, 0.717) is 0 Å². The SMILES string of the molecule is CC1=Cc2ccccc2[CH]1[Ti]([Cl])([Cl])([NH]C(C)(C)C)[SiH](C)C. The van der Waals surface area contributed by atoms with E-state index in [0.717, 1.165) is 0 Å². The number of fused-ring (bicyclic) bond motifs is 1. The molecule has 0 spiro atoms. The minimum absolute atomic E-state index is 0.0736. The minimum atomic E-state index is -3.89. The summed E-state index contributed by atoms with van der Waals surface area (Å²) in [6.45, 7) is 12.0. The first kappa shape index (κ1) is 17.8. The quantitative estimate of drug-likeness (QED) is 0.691. The summed E-state index contributed by atoms with van der Waals surface area (Å²) in [4.78, 5) is 0. The third kappa shape index (κ3) is 3.22. The summed E-state index contributed by atoms with van der Waals surface area (Å²) in [5.41, 5.74) is 3.84. The first-order chi connectivity index (χ1) is 9.45. The van der Waals surface area contributed by atoms with Gasteiger partial charge in [-0.3, -0.25) is 0 Å². The second kappa shape index (κ2) is 5.51. The van der Waals surface area contributed by atoms with Crippen molar-refractivity contribution in [1.29, 1.82) is 0 Å². The van der Waals surface area contributed by atoms with Crippen molar-refractivity contribution in [2.75, 3.05) is 0 Å². The summed E-state index contributed by atoms with van der Waals surface area (Å²) in [6.07, 6.45) is 2.26. The van der Waals surface area contributed by atoms with Crippen molar-refractivity contribution in [3.63, 3.8) is 0 Å². The Kier molecular flexibility index (Phi) is 4.66. The third-order valence-electron chi connectivity index (χ3n) is 4.35. The van der Waals surface area contributed by atoms with E-state index in [1.165, 1.54) is 16.7 Å². The van der Waals surface area contributed by atoms with Crippen molar-refractivity contribution >= 4 is 31.3 Å². The van der Waals surface area contributed by atoms with Crippen LogP contribution in [-0.4, -0.2) is 12.2 Å². The van der Waals surface area contributed by atoms with Crippen molar-refractivity contribution in [2.45, 2.75) is 50.6 Å². The molecule has 21 heavy (non-hydrogen) atoms. The van der Waals surface area contributed by atoms with E-state index in [-0.39, 0.29) is 9.76 Å². The molecule has 1 nitrogen and oxygen atoms in total. The van der Waals surface area contributed by atoms with Crippen molar-refractivity contribution in [1.82, 2.24) is 3.80 Å². The van der Waals surface area contributed by atoms with Gasteiger partial charge >= 0.3 is 139 Å². The van der Waals surface area contributed by atoms with E-state index >= 15 is 0 Å². The molecule has 0 radical (unpaired) electrons. The van der Waals surface area contributed by atoms with Crippen LogP contribution in [0.25, 0.3) is 6.08 Å². The van der Waals surface area contributed by atoms with Crippen LogP contribution < -0.4 is 3.80 Å². The first-order valence-electron chi connectivity index (χ1n) is 7.59. The molecule has 5 heteroatoms. The summed E-state index contributed by atoms with van der Waals surface area (Å²) in [5.74, 6) is 0. The standard InChI is InChI=1S/C10H9.C4H10N.C2H7Si.2ClH.Ti/c1-8-6-9-4-2-3-5-10(9)7-8;1-4(2,3)5;1-3-2;;;/h2-7H,1H3;5H,1-3H3;3H,1-2H3;2*1H;/q;-1;;;;+3/p-2. The topological polar surface area (TPSA) is 12.0 Å². The number of nitrogens with one attached hydrogen (secondary N) is 1. The molecular weight excluding hydrogens is 353 g/mol. The normalized spacial score (nSPS) is 20.9. The Hall–Kier alpha value is 0.431. The maximum absolute atomic E-state index is 7.41. The second-order valence-electron chi connectivity index (χ2n) is 7.63. The molecule has 0 aliphatic heterocycles. The maximum atomic E-state index is 7.41. The molecule has 1 aromatic carbocycles. The predicted octanol–water partition coefficient (Wildman–Crippen LogP) is 5.43. The van der Waals surface area contributed by atoms with Gasteiger partial charge in [0.2, 0.25) is 0 Å². The van der Waals surface area contributed by atoms with Gasteiger partial charge in [-0.15, -0.1) is 0 Å². The molecule has 1 atom stereocenters. The fourth-order valence-corrected chi connectivity index (χ4v) is 22.4. The van der Waals surface area contributed by atoms with Gasteiger partial charge in [0.1, 0.15) is 0 Å². The Morgan fingerprint density at radius 2 is 1.71 bits per heavy atom. The van der Waals surface area contributed by atoms with Gasteiger partial charge in [-0.05, 0) is 0 Å². The fraction of sp³-hybridized carbons (Fsp3) is 0.500. The summed E-state index contributed by atoms with van der Waals surface area (Å²) < 4.78 is 3.95. The van der Waals surface area contributed by atoms with Gasteiger partial charge in [-0.1, -0.05) is 0 Å². The molecule has 1 aromatic rings. The molecule has 1 aliphatic rings. The third-order valence-corrected chi connectivity index (χ3v) is 36.5. The van der Waals surface area contributed by atoms with Crippen LogP contribution in [0.1, 0.15) is 43.0 Å². The van der Waals surface area contributed by atoms with Crippen molar-refractivity contribution in [3.8, 4) is 0 Å². The van der Waals surface area contributed by atoms with Crippen molar-refractivity contribution < 1.29 is 12.7 Å². The van der Waals surface area contributed by atoms with Crippen LogP contribution in [0.15, 0.2) is 29.8 Å². The average Bonchev–Trinajstić information content (AvgIpc) is 2.62. The Labute approximate surface area is 138 Å². The predicted molar refractivity (Wildman–Crippen MR) is 96.3 cm³/mol. The number of hydrogen-bond acceptors (Lipinski definition) is 1. The molecule has 0 fully saturated rings. The molecule has 1 aliphatic carbocycles. The molecule has 1 unspecified atom stereocenters. The monoisotopic (exact) mass is 378 g/mol. The van der Waals surface area contributed by atoms with Gasteiger partial charge in [0.05, 0.1) is 0 Å². The molecule has 0 aromatic heterocycles. The van der Waals surface area contributed by atoms with E-state index in [1.54, 1.807) is 0 Å². The van der Waals surface area contributed by atoms with E-state index in [9.17, 15) is 0 Å². The van der Waals surface area contributed by atoms with Gasteiger partial charge in [0.15, 0.2) is 0 Å². The molecule has 0 amide bonds. The van der Waals surface area contributed by atoms with Gasteiger partial charge in [0.25, 0.3) is 0 Å². The summed E-state index contributed by atoms with van der Waals surface area (Å²) >= 11 is -3.89. The van der Waals surface area contributed by atoms with Crippen LogP contribution in [0, 0.1) is 0 Å². The Balaban J connectivity index is 2.62. The molecule has 0 bridgehead atoms. The van der Waals surface area contributed by atoms with Crippen LogP contribution in [0.5, 0.6) is 0 Å². The first-order valence-corrected chi connectivity index (χ1v) is 19.2. The number of rotatable bonds is 3. The van der Waals surface area contributed by atoms with Crippen LogP contribution in [-0.2, 0) is 12.7 Å². The van der Waals surface area contributed by atoms with Crippen LogP contribution >= 0.6 is 18.6 Å². The second-order valence-corrected chi connectivity index (χ2v) is 35.7. The van der Waals surface area contributed by atoms with Crippen LogP contribution in [0.3, 0.4) is 0 Å². The molecule has 0 saturated carbocycles. The van der Waals surface area contributed by atoms with Gasteiger partial charge in [0, 0.05) is 0 Å². The Bertz CT molecular complexity index is 590. The molecule has 0 saturated heterocycles. The van der Waals surface area contributed by atoms with Crippen LogP contribution in [0.2, 0.25) is 13.1 Å². The van der Waals surface area contributed by atoms with E-state index in [1.807, 2.05) is 0 Å². The van der Waals surface area contributed by atoms with E-state index in [2.05, 4.69) is 74.9 Å². The van der Waals surface area contributed by atoms with E-state index < -0.39 is 19.4 Å². The molecule has 1 N–H and O–H groups in total.